The van der Waals surface area contributed by atoms with E-state index in [0.29, 0.717) is 31.6 Å². The van der Waals surface area contributed by atoms with E-state index in [1.807, 2.05) is 0 Å². The maximum Gasteiger partial charge on any atom is 0.401 e. The number of nitrogens with one attached hydrogen (secondary N) is 2. The number of aliphatic imine (C=N–C) groups is 1. The Morgan fingerprint density at radius 2 is 1.85 bits per heavy atom. The highest BCUT2D eigenvalue weighted by molar-refractivity contribution is 5.79. The van der Waals surface area contributed by atoms with Crippen molar-refractivity contribution in [3.63, 3.8) is 0 Å². The molecule has 27 heavy (non-hydrogen) atoms. The molecule has 2 N–H and O–H groups in total. The van der Waals surface area contributed by atoms with Crippen LogP contribution >= 0.6 is 0 Å². The maximum atomic E-state index is 12.5. The van der Waals surface area contributed by atoms with E-state index in [2.05, 4.69) is 15.6 Å². The number of rotatable bonds is 8. The van der Waals surface area contributed by atoms with Crippen molar-refractivity contribution in [2.24, 2.45) is 4.99 Å². The molecule has 0 bridgehead atoms. The van der Waals surface area contributed by atoms with Crippen LogP contribution in [0.2, 0.25) is 0 Å². The van der Waals surface area contributed by atoms with Gasteiger partial charge >= 0.3 is 6.18 Å². The fourth-order valence-corrected chi connectivity index (χ4v) is 3.83. The second-order valence-electron chi connectivity index (χ2n) is 7.67. The van der Waals surface area contributed by atoms with Gasteiger partial charge in [-0.25, -0.2) is 0 Å². The molecule has 0 aromatic rings. The van der Waals surface area contributed by atoms with Gasteiger partial charge in [-0.3, -0.25) is 9.89 Å². The first-order valence-electron chi connectivity index (χ1n) is 10.3. The molecule has 2 aliphatic rings. The highest BCUT2D eigenvalue weighted by atomic mass is 19.4. The quantitative estimate of drug-likeness (QED) is 0.288. The van der Waals surface area contributed by atoms with E-state index in [0.717, 1.165) is 26.0 Å². The highest BCUT2D eigenvalue weighted by Gasteiger charge is 2.34. The highest BCUT2D eigenvalue weighted by Crippen LogP contribution is 2.20. The molecule has 1 aliphatic carbocycles. The number of alkyl halides is 3. The first-order valence-corrected chi connectivity index (χ1v) is 10.3. The molecule has 1 aliphatic heterocycles. The smallest absolute Gasteiger partial charge is 0.378 e. The Hall–Kier alpha value is -1.02. The predicted octanol–water partition coefficient (Wildman–Crippen LogP) is 3.31. The third kappa shape index (κ3) is 9.65. The SMILES string of the molecule is CN=C(NCCCCOC1CCCCCC1)NC1CCN(CC(F)(F)F)C1. The zero-order valence-corrected chi connectivity index (χ0v) is 16.5. The van der Waals surface area contributed by atoms with Crippen molar-refractivity contribution in [3.8, 4) is 0 Å². The Balaban J connectivity index is 1.53. The number of likely N-dealkylation sites (tertiary alicyclic amines) is 1. The average molecular weight is 393 g/mol. The zero-order valence-electron chi connectivity index (χ0n) is 16.5. The van der Waals surface area contributed by atoms with Gasteiger partial charge in [-0.15, -0.1) is 0 Å². The van der Waals surface area contributed by atoms with Gasteiger partial charge in [0, 0.05) is 39.3 Å². The summed E-state index contributed by atoms with van der Waals surface area (Å²) in [6, 6.07) is 0.0112. The molecule has 5 nitrogen and oxygen atoms in total. The molecular weight excluding hydrogens is 357 g/mol. The van der Waals surface area contributed by atoms with Crippen LogP contribution in [0.15, 0.2) is 4.99 Å². The van der Waals surface area contributed by atoms with E-state index in [1.54, 1.807) is 7.05 Å². The molecule has 0 aromatic carbocycles. The summed E-state index contributed by atoms with van der Waals surface area (Å²) < 4.78 is 43.4. The molecule has 0 amide bonds. The summed E-state index contributed by atoms with van der Waals surface area (Å²) in [6.07, 6.45) is 6.64. The number of unbranched alkanes of at least 4 members (excludes halogenated alkanes) is 1. The molecule has 0 spiro atoms. The van der Waals surface area contributed by atoms with Crippen LogP contribution in [-0.2, 0) is 4.74 Å². The first-order chi connectivity index (χ1) is 13.0. The van der Waals surface area contributed by atoms with Crippen molar-refractivity contribution < 1.29 is 17.9 Å². The Kier molecular flexibility index (Phi) is 9.68. The molecule has 2 rings (SSSR count). The van der Waals surface area contributed by atoms with E-state index < -0.39 is 12.7 Å². The lowest BCUT2D eigenvalue weighted by Crippen LogP contribution is -2.45. The average Bonchev–Trinajstić information content (AvgIpc) is 2.87. The van der Waals surface area contributed by atoms with Gasteiger partial charge in [-0.05, 0) is 32.1 Å². The molecular formula is C19H35F3N4O. The van der Waals surface area contributed by atoms with Gasteiger partial charge in [-0.1, -0.05) is 25.7 Å². The van der Waals surface area contributed by atoms with Crippen LogP contribution in [0, 0.1) is 0 Å². The molecule has 0 aromatic heterocycles. The number of nitrogens with zero attached hydrogens (tertiary/aromatic N) is 2. The monoisotopic (exact) mass is 392 g/mol. The summed E-state index contributed by atoms with van der Waals surface area (Å²) in [6.45, 7) is 1.61. The van der Waals surface area contributed by atoms with E-state index in [1.165, 1.54) is 43.4 Å². The number of ether oxygens (including phenoxy) is 1. The summed E-state index contributed by atoms with van der Waals surface area (Å²) >= 11 is 0. The lowest BCUT2D eigenvalue weighted by atomic mass is 10.1. The Bertz CT molecular complexity index is 437. The van der Waals surface area contributed by atoms with Gasteiger partial charge in [0.05, 0.1) is 12.6 Å². The maximum absolute atomic E-state index is 12.5. The fourth-order valence-electron chi connectivity index (χ4n) is 3.83. The van der Waals surface area contributed by atoms with Crippen molar-refractivity contribution in [3.05, 3.63) is 0 Å². The summed E-state index contributed by atoms with van der Waals surface area (Å²) in [5, 5.41) is 6.48. The fraction of sp³-hybridized carbons (Fsp3) is 0.947. The van der Waals surface area contributed by atoms with Gasteiger partial charge < -0.3 is 15.4 Å². The number of halogens is 3. The van der Waals surface area contributed by atoms with Gasteiger partial charge in [0.1, 0.15) is 0 Å². The topological polar surface area (TPSA) is 48.9 Å². The molecule has 158 valence electrons. The molecule has 2 fully saturated rings. The van der Waals surface area contributed by atoms with Gasteiger partial charge in [0.15, 0.2) is 5.96 Å². The zero-order chi connectivity index (χ0) is 19.5. The number of guanidine groups is 1. The van der Waals surface area contributed by atoms with Crippen LogP contribution in [0.25, 0.3) is 0 Å². The predicted molar refractivity (Wildman–Crippen MR) is 102 cm³/mol. The molecule has 1 atom stereocenters. The summed E-state index contributed by atoms with van der Waals surface area (Å²) in [7, 11) is 1.69. The minimum absolute atomic E-state index is 0.0112. The number of hydrogen-bond acceptors (Lipinski definition) is 3. The van der Waals surface area contributed by atoms with E-state index in [4.69, 9.17) is 4.74 Å². The largest absolute Gasteiger partial charge is 0.401 e. The first kappa shape index (κ1) is 22.3. The normalized spacial score (nSPS) is 23.4. The lowest BCUT2D eigenvalue weighted by Gasteiger charge is -2.20. The van der Waals surface area contributed by atoms with Crippen molar-refractivity contribution >= 4 is 5.96 Å². The Morgan fingerprint density at radius 1 is 1.11 bits per heavy atom. The molecule has 0 radical (unpaired) electrons. The number of hydrogen-bond donors (Lipinski definition) is 2. The van der Waals surface area contributed by atoms with Crippen LogP contribution in [-0.4, -0.2) is 69.0 Å². The van der Waals surface area contributed by atoms with Crippen LogP contribution in [0.1, 0.15) is 57.8 Å². The summed E-state index contributed by atoms with van der Waals surface area (Å²) in [4.78, 5) is 5.62. The Labute approximate surface area is 161 Å². The van der Waals surface area contributed by atoms with Crippen molar-refractivity contribution in [1.29, 1.82) is 0 Å². The lowest BCUT2D eigenvalue weighted by molar-refractivity contribution is -0.143. The van der Waals surface area contributed by atoms with Gasteiger partial charge in [-0.2, -0.15) is 13.2 Å². The molecule has 1 unspecified atom stereocenters. The van der Waals surface area contributed by atoms with E-state index in [9.17, 15) is 13.2 Å². The minimum Gasteiger partial charge on any atom is -0.378 e. The van der Waals surface area contributed by atoms with Crippen LogP contribution < -0.4 is 10.6 Å². The molecule has 1 heterocycles. The van der Waals surface area contributed by atoms with Gasteiger partial charge in [0.2, 0.25) is 0 Å². The third-order valence-electron chi connectivity index (χ3n) is 5.26. The van der Waals surface area contributed by atoms with E-state index in [-0.39, 0.29) is 6.04 Å². The van der Waals surface area contributed by atoms with Crippen molar-refractivity contribution in [2.75, 3.05) is 39.8 Å². The van der Waals surface area contributed by atoms with Crippen LogP contribution in [0.4, 0.5) is 13.2 Å². The second kappa shape index (κ2) is 11.7. The molecule has 1 saturated carbocycles. The minimum atomic E-state index is -4.13. The van der Waals surface area contributed by atoms with Crippen molar-refractivity contribution in [1.82, 2.24) is 15.5 Å². The summed E-state index contributed by atoms with van der Waals surface area (Å²) in [5.41, 5.74) is 0. The van der Waals surface area contributed by atoms with Gasteiger partial charge in [0.25, 0.3) is 0 Å². The molecule has 1 saturated heterocycles. The Morgan fingerprint density at radius 3 is 2.52 bits per heavy atom. The van der Waals surface area contributed by atoms with E-state index >= 15 is 0 Å². The van der Waals surface area contributed by atoms with Crippen LogP contribution in [0.5, 0.6) is 0 Å². The molecule has 8 heteroatoms. The summed E-state index contributed by atoms with van der Waals surface area (Å²) in [5.74, 6) is 0.665. The van der Waals surface area contributed by atoms with Crippen molar-refractivity contribution in [2.45, 2.75) is 76.1 Å². The standard InChI is InChI=1S/C19H35F3N4O/c1-23-18(25-16-10-12-26(14-16)15-19(20,21)22)24-11-6-7-13-27-17-8-4-2-3-5-9-17/h16-17H,2-15H2,1H3,(H2,23,24,25). The second-order valence-corrected chi connectivity index (χ2v) is 7.67. The van der Waals surface area contributed by atoms with Crippen LogP contribution in [0.3, 0.4) is 0 Å². The third-order valence-corrected chi connectivity index (χ3v) is 5.26.